The number of fused-ring (bicyclic) bond motifs is 5. The molecular formula is C23H30O2. The molecule has 7 atom stereocenters. The fourth-order valence-electron chi connectivity index (χ4n) is 7.28. The number of ketones is 1. The number of aliphatic hydroxyl groups is 1. The molecule has 0 aliphatic heterocycles. The molecule has 3 fully saturated rings. The van der Waals surface area contributed by atoms with Gasteiger partial charge < -0.3 is 5.11 Å². The molecule has 0 bridgehead atoms. The standard InChI is InChI=1S/C23H30O2/c1-5-22-11-7-17(24)14-16(22)13-15(3)20-18-9-12-23(25,6-2)21(18,4)10-8-19(20)22/h2,5,14-15,18-20,25H,1,7-13H2,3-4H3/t15-,18+,19+,20+,21+,22+,23+/m1/s1. The minimum atomic E-state index is -0.956. The first-order valence-corrected chi connectivity index (χ1v) is 9.89. The van der Waals surface area contributed by atoms with E-state index in [1.165, 1.54) is 5.57 Å². The highest BCUT2D eigenvalue weighted by Gasteiger charge is 2.65. The summed E-state index contributed by atoms with van der Waals surface area (Å²) in [6.45, 7) is 8.78. The molecule has 3 saturated carbocycles. The highest BCUT2D eigenvalue weighted by atomic mass is 16.3. The monoisotopic (exact) mass is 338 g/mol. The maximum Gasteiger partial charge on any atom is 0.155 e. The summed E-state index contributed by atoms with van der Waals surface area (Å²) in [6.07, 6.45) is 16.2. The Balaban J connectivity index is 1.78. The van der Waals surface area contributed by atoms with Crippen molar-refractivity contribution < 1.29 is 9.90 Å². The maximum atomic E-state index is 12.0. The van der Waals surface area contributed by atoms with Gasteiger partial charge in [0.1, 0.15) is 5.60 Å². The Kier molecular flexibility index (Phi) is 3.65. The third kappa shape index (κ3) is 2.00. The predicted octanol–water partition coefficient (Wildman–Crippen LogP) is 4.29. The van der Waals surface area contributed by atoms with Crippen molar-refractivity contribution in [1.82, 2.24) is 0 Å². The second kappa shape index (κ2) is 5.34. The molecule has 2 nitrogen and oxygen atoms in total. The summed E-state index contributed by atoms with van der Waals surface area (Å²) in [5.41, 5.74) is 0.179. The maximum absolute atomic E-state index is 12.0. The predicted molar refractivity (Wildman–Crippen MR) is 99.6 cm³/mol. The molecule has 0 radical (unpaired) electrons. The van der Waals surface area contributed by atoms with Gasteiger partial charge in [-0.15, -0.1) is 13.0 Å². The summed E-state index contributed by atoms with van der Waals surface area (Å²) in [5, 5.41) is 11.1. The van der Waals surface area contributed by atoms with Crippen LogP contribution in [0.25, 0.3) is 0 Å². The van der Waals surface area contributed by atoms with Crippen molar-refractivity contribution in [3.63, 3.8) is 0 Å². The summed E-state index contributed by atoms with van der Waals surface area (Å²) in [5.74, 6) is 5.13. The van der Waals surface area contributed by atoms with Crippen LogP contribution in [0.1, 0.15) is 58.8 Å². The van der Waals surface area contributed by atoms with Gasteiger partial charge >= 0.3 is 0 Å². The molecule has 0 unspecified atom stereocenters. The number of allylic oxidation sites excluding steroid dienone is 2. The zero-order chi connectivity index (χ0) is 18.0. The summed E-state index contributed by atoms with van der Waals surface area (Å²) in [7, 11) is 0. The molecule has 0 saturated heterocycles. The third-order valence-electron chi connectivity index (χ3n) is 8.67. The Labute approximate surface area is 151 Å². The van der Waals surface area contributed by atoms with Crippen LogP contribution in [0.3, 0.4) is 0 Å². The molecule has 4 aliphatic rings. The first-order chi connectivity index (χ1) is 11.8. The number of terminal acetylenes is 1. The Bertz CT molecular complexity index is 697. The lowest BCUT2D eigenvalue weighted by molar-refractivity contribution is -0.121. The number of hydrogen-bond acceptors (Lipinski definition) is 2. The molecule has 25 heavy (non-hydrogen) atoms. The van der Waals surface area contributed by atoms with Crippen molar-refractivity contribution in [2.24, 2.45) is 34.5 Å². The fraction of sp³-hybridized carbons (Fsp3) is 0.696. The normalized spacial score (nSPS) is 51.6. The number of carbonyl (C=O) groups is 1. The Morgan fingerprint density at radius 3 is 2.72 bits per heavy atom. The minimum absolute atomic E-state index is 0.0106. The lowest BCUT2D eigenvalue weighted by Crippen LogP contribution is -2.56. The molecule has 0 aromatic carbocycles. The molecule has 0 aromatic heterocycles. The van der Waals surface area contributed by atoms with Crippen LogP contribution in [0.15, 0.2) is 24.3 Å². The highest BCUT2D eigenvalue weighted by molar-refractivity contribution is 5.91. The average molecular weight is 338 g/mol. The molecular weight excluding hydrogens is 308 g/mol. The topological polar surface area (TPSA) is 37.3 Å². The van der Waals surface area contributed by atoms with E-state index < -0.39 is 5.60 Å². The number of carbonyl (C=O) groups excluding carboxylic acids is 1. The average Bonchev–Trinajstić information content (AvgIpc) is 2.87. The smallest absolute Gasteiger partial charge is 0.155 e. The largest absolute Gasteiger partial charge is 0.377 e. The second-order valence-corrected chi connectivity index (χ2v) is 9.35. The van der Waals surface area contributed by atoms with E-state index in [1.807, 2.05) is 6.08 Å². The molecule has 0 heterocycles. The van der Waals surface area contributed by atoms with Crippen molar-refractivity contribution >= 4 is 5.78 Å². The van der Waals surface area contributed by atoms with Crippen molar-refractivity contribution in [2.75, 3.05) is 0 Å². The van der Waals surface area contributed by atoms with Gasteiger partial charge in [-0.3, -0.25) is 4.79 Å². The minimum Gasteiger partial charge on any atom is -0.377 e. The van der Waals surface area contributed by atoms with Crippen molar-refractivity contribution in [1.29, 1.82) is 0 Å². The van der Waals surface area contributed by atoms with Crippen LogP contribution >= 0.6 is 0 Å². The number of hydrogen-bond donors (Lipinski definition) is 1. The van der Waals surface area contributed by atoms with Crippen LogP contribution in [0, 0.1) is 46.8 Å². The first kappa shape index (κ1) is 17.1. The van der Waals surface area contributed by atoms with Gasteiger partial charge in [-0.25, -0.2) is 0 Å². The molecule has 0 amide bonds. The Hall–Kier alpha value is -1.33. The van der Waals surface area contributed by atoms with E-state index in [0.717, 1.165) is 38.5 Å². The molecule has 0 aromatic rings. The van der Waals surface area contributed by atoms with Gasteiger partial charge in [0.05, 0.1) is 0 Å². The van der Waals surface area contributed by atoms with E-state index in [-0.39, 0.29) is 16.6 Å². The van der Waals surface area contributed by atoms with Crippen LogP contribution < -0.4 is 0 Å². The quantitative estimate of drug-likeness (QED) is 0.572. The Morgan fingerprint density at radius 1 is 1.32 bits per heavy atom. The van der Waals surface area contributed by atoms with E-state index in [2.05, 4.69) is 32.4 Å². The van der Waals surface area contributed by atoms with Gasteiger partial charge in [0.25, 0.3) is 0 Å². The van der Waals surface area contributed by atoms with Gasteiger partial charge in [0.2, 0.25) is 0 Å². The summed E-state index contributed by atoms with van der Waals surface area (Å²) in [4.78, 5) is 12.0. The summed E-state index contributed by atoms with van der Waals surface area (Å²) in [6, 6.07) is 0. The van der Waals surface area contributed by atoms with Crippen LogP contribution in [0.4, 0.5) is 0 Å². The van der Waals surface area contributed by atoms with Crippen molar-refractivity contribution in [3.8, 4) is 12.3 Å². The molecule has 134 valence electrons. The molecule has 4 aliphatic carbocycles. The van der Waals surface area contributed by atoms with Crippen LogP contribution in [-0.2, 0) is 4.79 Å². The van der Waals surface area contributed by atoms with Gasteiger partial charge in [0, 0.05) is 17.3 Å². The van der Waals surface area contributed by atoms with Crippen LogP contribution in [0.2, 0.25) is 0 Å². The number of rotatable bonds is 1. The second-order valence-electron chi connectivity index (χ2n) is 9.35. The molecule has 0 spiro atoms. The molecule has 4 rings (SSSR count). The van der Waals surface area contributed by atoms with Crippen molar-refractivity contribution in [2.45, 2.75) is 64.4 Å². The van der Waals surface area contributed by atoms with Gasteiger partial charge in [-0.05, 0) is 68.3 Å². The summed E-state index contributed by atoms with van der Waals surface area (Å²) < 4.78 is 0. The van der Waals surface area contributed by atoms with E-state index in [9.17, 15) is 9.90 Å². The van der Waals surface area contributed by atoms with Gasteiger partial charge in [0.15, 0.2) is 5.78 Å². The summed E-state index contributed by atoms with van der Waals surface area (Å²) >= 11 is 0. The van der Waals surface area contributed by atoms with E-state index in [4.69, 9.17) is 6.42 Å². The fourth-order valence-corrected chi connectivity index (χ4v) is 7.28. The van der Waals surface area contributed by atoms with Crippen LogP contribution in [-0.4, -0.2) is 16.5 Å². The molecule has 2 heteroatoms. The van der Waals surface area contributed by atoms with Gasteiger partial charge in [-0.2, -0.15) is 0 Å². The van der Waals surface area contributed by atoms with Gasteiger partial charge in [-0.1, -0.05) is 31.4 Å². The first-order valence-electron chi connectivity index (χ1n) is 9.89. The van der Waals surface area contributed by atoms with E-state index in [1.54, 1.807) is 0 Å². The highest BCUT2D eigenvalue weighted by Crippen LogP contribution is 2.68. The lowest BCUT2D eigenvalue weighted by Gasteiger charge is -2.60. The van der Waals surface area contributed by atoms with E-state index >= 15 is 0 Å². The Morgan fingerprint density at radius 2 is 2.04 bits per heavy atom. The molecule has 1 N–H and O–H groups in total. The van der Waals surface area contributed by atoms with E-state index in [0.29, 0.717) is 30.1 Å². The lowest BCUT2D eigenvalue weighted by atomic mass is 9.44. The zero-order valence-corrected chi connectivity index (χ0v) is 15.6. The third-order valence-corrected chi connectivity index (χ3v) is 8.67. The van der Waals surface area contributed by atoms with Crippen LogP contribution in [0.5, 0.6) is 0 Å². The van der Waals surface area contributed by atoms with Crippen molar-refractivity contribution in [3.05, 3.63) is 24.3 Å². The SMILES string of the molecule is C#C[C@]1(O)CC[C@H]2[C@@H]3[C@H](C)CC4=CC(=O)CC[C@]4(C=C)[C@H]3CC[C@@]21C. The zero-order valence-electron chi connectivity index (χ0n) is 15.6.